The number of aryl methyl sites for hydroxylation is 1. The fourth-order valence-corrected chi connectivity index (χ4v) is 3.13. The minimum absolute atomic E-state index is 0.0469. The number of carbonyl (C=O) groups is 3. The lowest BCUT2D eigenvalue weighted by Gasteiger charge is -2.33. The molecule has 1 aromatic carbocycles. The third kappa shape index (κ3) is 5.70. The summed E-state index contributed by atoms with van der Waals surface area (Å²) in [7, 11) is 1.57. The summed E-state index contributed by atoms with van der Waals surface area (Å²) in [4.78, 5) is 38.0. The number of rotatable bonds is 7. The van der Waals surface area contributed by atoms with Gasteiger partial charge in [0, 0.05) is 6.54 Å². The van der Waals surface area contributed by atoms with E-state index in [9.17, 15) is 14.4 Å². The lowest BCUT2D eigenvalue weighted by atomic mass is 10.0. The molecular formula is C20H27NO6. The topological polar surface area (TPSA) is 82.1 Å². The molecule has 1 fully saturated rings. The molecular weight excluding hydrogens is 350 g/mol. The zero-order chi connectivity index (χ0) is 19.8. The van der Waals surface area contributed by atoms with Crippen LogP contribution in [-0.2, 0) is 30.3 Å². The molecule has 0 aliphatic carbocycles. The van der Waals surface area contributed by atoms with E-state index < -0.39 is 18.0 Å². The van der Waals surface area contributed by atoms with Crippen molar-refractivity contribution in [1.29, 1.82) is 0 Å². The number of nitrogens with zero attached hydrogens (tertiary/aromatic N) is 1. The fraction of sp³-hybridized carbons (Fsp3) is 0.550. The number of hydrogen-bond donors (Lipinski definition) is 0. The van der Waals surface area contributed by atoms with E-state index in [-0.39, 0.29) is 25.5 Å². The van der Waals surface area contributed by atoms with E-state index in [1.807, 2.05) is 19.1 Å². The Bertz CT molecular complexity index is 687. The highest BCUT2D eigenvalue weighted by atomic mass is 16.5. The van der Waals surface area contributed by atoms with Gasteiger partial charge >= 0.3 is 11.9 Å². The molecule has 1 heterocycles. The average molecular weight is 377 g/mol. The second-order valence-corrected chi connectivity index (χ2v) is 6.49. The summed E-state index contributed by atoms with van der Waals surface area (Å²) in [5.41, 5.74) is 1.72. The van der Waals surface area contributed by atoms with Crippen LogP contribution in [0.2, 0.25) is 0 Å². The van der Waals surface area contributed by atoms with E-state index in [2.05, 4.69) is 0 Å². The van der Waals surface area contributed by atoms with Crippen molar-refractivity contribution in [2.75, 3.05) is 26.9 Å². The van der Waals surface area contributed by atoms with Gasteiger partial charge in [-0.25, -0.2) is 4.79 Å². The smallest absolute Gasteiger partial charge is 0.328 e. The number of methoxy groups -OCH3 is 1. The van der Waals surface area contributed by atoms with E-state index >= 15 is 0 Å². The van der Waals surface area contributed by atoms with Gasteiger partial charge in [0.2, 0.25) is 0 Å². The van der Waals surface area contributed by atoms with Crippen molar-refractivity contribution in [3.05, 3.63) is 29.3 Å². The minimum Gasteiger partial charge on any atom is -0.496 e. The van der Waals surface area contributed by atoms with Gasteiger partial charge in [0.25, 0.3) is 5.91 Å². The molecule has 0 radical (unpaired) electrons. The number of hydrogen-bond acceptors (Lipinski definition) is 6. The van der Waals surface area contributed by atoms with E-state index in [0.29, 0.717) is 18.7 Å². The first kappa shape index (κ1) is 20.7. The summed E-state index contributed by atoms with van der Waals surface area (Å²) in [6.45, 7) is 4.01. The van der Waals surface area contributed by atoms with Crippen LogP contribution in [0.15, 0.2) is 18.2 Å². The monoisotopic (exact) mass is 377 g/mol. The molecule has 148 valence electrons. The minimum atomic E-state index is -0.591. The van der Waals surface area contributed by atoms with Crippen molar-refractivity contribution < 1.29 is 28.6 Å². The SMILES string of the molecule is CCOC(=O)C1CCCCN1C(=O)COC(=O)Cc1ccc(C)c(OC)c1. The maximum atomic E-state index is 12.4. The van der Waals surface area contributed by atoms with Crippen LogP contribution in [0, 0.1) is 6.92 Å². The third-order valence-corrected chi connectivity index (χ3v) is 4.56. The highest BCUT2D eigenvalue weighted by molar-refractivity contribution is 5.86. The van der Waals surface area contributed by atoms with Gasteiger partial charge in [-0.15, -0.1) is 0 Å². The Kier molecular flexibility index (Phi) is 7.64. The summed E-state index contributed by atoms with van der Waals surface area (Å²) in [5.74, 6) is -0.577. The van der Waals surface area contributed by atoms with E-state index in [1.165, 1.54) is 4.90 Å². The quantitative estimate of drug-likeness (QED) is 0.676. The Morgan fingerprint density at radius 1 is 1.19 bits per heavy atom. The van der Waals surface area contributed by atoms with Gasteiger partial charge in [0.1, 0.15) is 11.8 Å². The van der Waals surface area contributed by atoms with Crippen molar-refractivity contribution in [1.82, 2.24) is 4.90 Å². The zero-order valence-corrected chi connectivity index (χ0v) is 16.2. The van der Waals surface area contributed by atoms with Gasteiger partial charge < -0.3 is 19.1 Å². The predicted octanol–water partition coefficient (Wildman–Crippen LogP) is 2.03. The van der Waals surface area contributed by atoms with Crippen LogP contribution in [0.3, 0.4) is 0 Å². The average Bonchev–Trinajstić information content (AvgIpc) is 2.67. The molecule has 0 bridgehead atoms. The van der Waals surface area contributed by atoms with Crippen LogP contribution in [0.5, 0.6) is 5.75 Å². The fourth-order valence-electron chi connectivity index (χ4n) is 3.13. The molecule has 7 heteroatoms. The lowest BCUT2D eigenvalue weighted by molar-refractivity contribution is -0.160. The molecule has 27 heavy (non-hydrogen) atoms. The molecule has 1 saturated heterocycles. The van der Waals surface area contributed by atoms with Gasteiger partial charge in [-0.05, 0) is 50.3 Å². The number of ether oxygens (including phenoxy) is 3. The summed E-state index contributed by atoms with van der Waals surface area (Å²) in [6.07, 6.45) is 2.30. The molecule has 1 unspecified atom stereocenters. The van der Waals surface area contributed by atoms with Crippen LogP contribution in [0.4, 0.5) is 0 Å². The summed E-state index contributed by atoms with van der Waals surface area (Å²) >= 11 is 0. The van der Waals surface area contributed by atoms with Gasteiger partial charge in [0.05, 0.1) is 20.1 Å². The van der Waals surface area contributed by atoms with Crippen molar-refractivity contribution in [2.45, 2.75) is 45.6 Å². The van der Waals surface area contributed by atoms with Crippen LogP contribution in [-0.4, -0.2) is 55.7 Å². The molecule has 0 saturated carbocycles. The van der Waals surface area contributed by atoms with Gasteiger partial charge in [-0.1, -0.05) is 12.1 Å². The number of esters is 2. The number of benzene rings is 1. The molecule has 7 nitrogen and oxygen atoms in total. The Morgan fingerprint density at radius 2 is 1.96 bits per heavy atom. The largest absolute Gasteiger partial charge is 0.496 e. The zero-order valence-electron chi connectivity index (χ0n) is 16.2. The molecule has 2 rings (SSSR count). The normalized spacial score (nSPS) is 16.6. The molecule has 0 N–H and O–H groups in total. The van der Waals surface area contributed by atoms with Gasteiger partial charge in [0.15, 0.2) is 6.61 Å². The van der Waals surface area contributed by atoms with Crippen LogP contribution in [0.25, 0.3) is 0 Å². The number of likely N-dealkylation sites (tertiary alicyclic amines) is 1. The maximum Gasteiger partial charge on any atom is 0.328 e. The standard InChI is InChI=1S/C20H27NO6/c1-4-26-20(24)16-7-5-6-10-21(16)18(22)13-27-19(23)12-15-9-8-14(2)17(11-15)25-3/h8-9,11,16H,4-7,10,12-13H2,1-3H3. The molecule has 1 aliphatic rings. The van der Waals surface area contributed by atoms with Crippen LogP contribution in [0.1, 0.15) is 37.3 Å². The molecule has 0 aromatic heterocycles. The molecule has 0 spiro atoms. The van der Waals surface area contributed by atoms with Crippen LogP contribution >= 0.6 is 0 Å². The molecule has 1 aromatic rings. The molecule has 1 amide bonds. The lowest BCUT2D eigenvalue weighted by Crippen LogP contribution is -2.50. The number of amides is 1. The Morgan fingerprint density at radius 3 is 2.67 bits per heavy atom. The van der Waals surface area contributed by atoms with E-state index in [1.54, 1.807) is 20.1 Å². The first-order valence-electron chi connectivity index (χ1n) is 9.21. The second-order valence-electron chi connectivity index (χ2n) is 6.49. The molecule has 1 aliphatic heterocycles. The third-order valence-electron chi connectivity index (χ3n) is 4.56. The van der Waals surface area contributed by atoms with Gasteiger partial charge in [-0.3, -0.25) is 9.59 Å². The van der Waals surface area contributed by atoms with Crippen molar-refractivity contribution in [2.24, 2.45) is 0 Å². The van der Waals surface area contributed by atoms with Gasteiger partial charge in [-0.2, -0.15) is 0 Å². The van der Waals surface area contributed by atoms with Crippen molar-refractivity contribution >= 4 is 17.8 Å². The highest BCUT2D eigenvalue weighted by Crippen LogP contribution is 2.20. The molecule has 1 atom stereocenters. The Hall–Kier alpha value is -2.57. The Balaban J connectivity index is 1.89. The summed E-state index contributed by atoms with van der Waals surface area (Å²) < 4.78 is 15.4. The predicted molar refractivity (Wildman–Crippen MR) is 98.4 cm³/mol. The highest BCUT2D eigenvalue weighted by Gasteiger charge is 2.33. The van der Waals surface area contributed by atoms with Crippen molar-refractivity contribution in [3.8, 4) is 5.75 Å². The number of piperidine rings is 1. The second kappa shape index (κ2) is 9.94. The Labute approximate surface area is 159 Å². The maximum absolute atomic E-state index is 12.4. The summed E-state index contributed by atoms with van der Waals surface area (Å²) in [5, 5.41) is 0. The van der Waals surface area contributed by atoms with Crippen LogP contribution < -0.4 is 4.74 Å². The first-order valence-corrected chi connectivity index (χ1v) is 9.21. The number of carbonyl (C=O) groups excluding carboxylic acids is 3. The summed E-state index contributed by atoms with van der Waals surface area (Å²) in [6, 6.07) is 4.87. The van der Waals surface area contributed by atoms with Crippen molar-refractivity contribution in [3.63, 3.8) is 0 Å². The van der Waals surface area contributed by atoms with E-state index in [4.69, 9.17) is 14.2 Å². The first-order chi connectivity index (χ1) is 13.0. The van der Waals surface area contributed by atoms with E-state index in [0.717, 1.165) is 24.0 Å².